The average Bonchev–Trinajstić information content (AvgIpc) is 2.42. The second-order valence-electron chi connectivity index (χ2n) is 6.20. The van der Waals surface area contributed by atoms with Gasteiger partial charge in [-0.2, -0.15) is 0 Å². The van der Waals surface area contributed by atoms with E-state index in [4.69, 9.17) is 15.2 Å². The Kier molecular flexibility index (Phi) is 5.17. The maximum Gasteiger partial charge on any atom is 0.163 e. The van der Waals surface area contributed by atoms with Crippen LogP contribution in [-0.2, 0) is 0 Å². The first-order valence-corrected chi connectivity index (χ1v) is 7.56. The fourth-order valence-electron chi connectivity index (χ4n) is 2.44. The van der Waals surface area contributed by atoms with Crippen LogP contribution in [-0.4, -0.2) is 51.8 Å². The van der Waals surface area contributed by atoms with Gasteiger partial charge in [0.1, 0.15) is 13.2 Å². The van der Waals surface area contributed by atoms with Crippen molar-refractivity contribution in [3.8, 4) is 11.5 Å². The Balaban J connectivity index is 2.25. The van der Waals surface area contributed by atoms with Crippen LogP contribution >= 0.6 is 0 Å². The molecule has 2 rings (SSSR count). The quantitative estimate of drug-likeness (QED) is 0.814. The molecule has 1 aromatic carbocycles. The second-order valence-corrected chi connectivity index (χ2v) is 6.20. The van der Waals surface area contributed by atoms with Crippen LogP contribution < -0.4 is 20.1 Å². The van der Waals surface area contributed by atoms with E-state index in [1.807, 2.05) is 12.1 Å². The molecule has 2 N–H and O–H groups in total. The van der Waals surface area contributed by atoms with Gasteiger partial charge < -0.3 is 25.0 Å². The second kappa shape index (κ2) is 6.89. The number of ether oxygens (including phenoxy) is 2. The first-order valence-electron chi connectivity index (χ1n) is 7.56. The Labute approximate surface area is 127 Å². The van der Waals surface area contributed by atoms with Gasteiger partial charge in [0.05, 0.1) is 11.4 Å². The van der Waals surface area contributed by atoms with Crippen LogP contribution in [0.1, 0.15) is 13.8 Å². The van der Waals surface area contributed by atoms with Crippen molar-refractivity contribution in [2.75, 3.05) is 57.6 Å². The smallest absolute Gasteiger partial charge is 0.163 e. The highest BCUT2D eigenvalue weighted by Crippen LogP contribution is 2.38. The number of likely N-dealkylation sites (N-methyl/N-ethyl adjacent to an activating group) is 1. The summed E-state index contributed by atoms with van der Waals surface area (Å²) >= 11 is 0. The third-order valence-corrected chi connectivity index (χ3v) is 3.43. The number of anilines is 2. The van der Waals surface area contributed by atoms with Gasteiger partial charge in [-0.05, 0) is 20.0 Å². The molecule has 0 aromatic heterocycles. The van der Waals surface area contributed by atoms with Crippen LogP contribution in [0.15, 0.2) is 12.1 Å². The number of benzene rings is 1. The van der Waals surface area contributed by atoms with E-state index in [1.54, 1.807) is 0 Å². The minimum atomic E-state index is 0.569. The molecule has 0 bridgehead atoms. The SMILES string of the molecule is CC(C)CN(CCN(C)C)c1cc2c(cc1N)OCCO2. The summed E-state index contributed by atoms with van der Waals surface area (Å²) in [6.45, 7) is 8.52. The van der Waals surface area contributed by atoms with Gasteiger partial charge in [0.2, 0.25) is 0 Å². The zero-order valence-corrected chi connectivity index (χ0v) is 13.6. The molecule has 1 aliphatic rings. The van der Waals surface area contributed by atoms with Crippen LogP contribution in [0.4, 0.5) is 11.4 Å². The summed E-state index contributed by atoms with van der Waals surface area (Å²) in [4.78, 5) is 4.51. The van der Waals surface area contributed by atoms with Gasteiger partial charge in [-0.1, -0.05) is 13.8 Å². The van der Waals surface area contributed by atoms with E-state index in [0.717, 1.165) is 42.5 Å². The van der Waals surface area contributed by atoms with Crippen molar-refractivity contribution in [3.05, 3.63) is 12.1 Å². The Hall–Kier alpha value is -1.62. The number of nitrogen functional groups attached to an aromatic ring is 1. The van der Waals surface area contributed by atoms with Gasteiger partial charge in [-0.25, -0.2) is 0 Å². The highest BCUT2D eigenvalue weighted by atomic mass is 16.6. The molecule has 0 unspecified atom stereocenters. The molecule has 1 aromatic rings. The molecule has 0 aliphatic carbocycles. The lowest BCUT2D eigenvalue weighted by molar-refractivity contribution is 0.172. The van der Waals surface area contributed by atoms with E-state index in [0.29, 0.717) is 19.1 Å². The van der Waals surface area contributed by atoms with Crippen molar-refractivity contribution >= 4 is 11.4 Å². The van der Waals surface area contributed by atoms with Crippen LogP contribution in [0, 0.1) is 5.92 Å². The molecule has 0 spiro atoms. The zero-order valence-electron chi connectivity index (χ0n) is 13.6. The molecule has 0 amide bonds. The van der Waals surface area contributed by atoms with E-state index >= 15 is 0 Å². The predicted octanol–water partition coefficient (Wildman–Crippen LogP) is 2.06. The molecule has 21 heavy (non-hydrogen) atoms. The van der Waals surface area contributed by atoms with Crippen LogP contribution in [0.25, 0.3) is 0 Å². The normalized spacial score (nSPS) is 13.8. The largest absolute Gasteiger partial charge is 0.486 e. The van der Waals surface area contributed by atoms with E-state index in [1.165, 1.54) is 0 Å². The summed E-state index contributed by atoms with van der Waals surface area (Å²) in [6.07, 6.45) is 0. The molecule has 1 heterocycles. The number of hydrogen-bond acceptors (Lipinski definition) is 5. The fraction of sp³-hybridized carbons (Fsp3) is 0.625. The molecule has 0 atom stereocenters. The summed E-state index contributed by atoms with van der Waals surface area (Å²) in [6, 6.07) is 3.90. The van der Waals surface area contributed by atoms with E-state index in [2.05, 4.69) is 37.7 Å². The van der Waals surface area contributed by atoms with Gasteiger partial charge in [-0.15, -0.1) is 0 Å². The van der Waals surface area contributed by atoms with Crippen molar-refractivity contribution in [1.29, 1.82) is 0 Å². The summed E-state index contributed by atoms with van der Waals surface area (Å²) in [5.41, 5.74) is 8.02. The third kappa shape index (κ3) is 4.17. The van der Waals surface area contributed by atoms with Crippen LogP contribution in [0.3, 0.4) is 0 Å². The predicted molar refractivity (Wildman–Crippen MR) is 87.4 cm³/mol. The van der Waals surface area contributed by atoms with E-state index < -0.39 is 0 Å². The standard InChI is InChI=1S/C16H27N3O2/c1-12(2)11-19(6-5-18(3)4)14-10-16-15(9-13(14)17)20-7-8-21-16/h9-10,12H,5-8,11,17H2,1-4H3. The van der Waals surface area contributed by atoms with Crippen molar-refractivity contribution in [2.45, 2.75) is 13.8 Å². The first-order chi connectivity index (χ1) is 9.97. The summed E-state index contributed by atoms with van der Waals surface area (Å²) in [5.74, 6) is 2.11. The van der Waals surface area contributed by atoms with Crippen LogP contribution in [0.5, 0.6) is 11.5 Å². The summed E-state index contributed by atoms with van der Waals surface area (Å²) in [7, 11) is 4.17. The topological polar surface area (TPSA) is 51.0 Å². The fourth-order valence-corrected chi connectivity index (χ4v) is 2.44. The molecule has 5 heteroatoms. The monoisotopic (exact) mass is 293 g/mol. The molecule has 0 fully saturated rings. The van der Waals surface area contributed by atoms with Crippen molar-refractivity contribution in [3.63, 3.8) is 0 Å². The molecule has 0 radical (unpaired) electrons. The minimum Gasteiger partial charge on any atom is -0.486 e. The van der Waals surface area contributed by atoms with Gasteiger partial charge in [0.15, 0.2) is 11.5 Å². The maximum atomic E-state index is 6.24. The summed E-state index contributed by atoms with van der Waals surface area (Å²) < 4.78 is 11.3. The molecule has 1 aliphatic heterocycles. The molecular weight excluding hydrogens is 266 g/mol. The third-order valence-electron chi connectivity index (χ3n) is 3.43. The highest BCUT2D eigenvalue weighted by molar-refractivity contribution is 5.73. The molecule has 0 saturated heterocycles. The van der Waals surface area contributed by atoms with E-state index in [-0.39, 0.29) is 0 Å². The number of nitrogens with two attached hydrogens (primary N) is 1. The number of rotatable bonds is 6. The number of nitrogens with zero attached hydrogens (tertiary/aromatic N) is 2. The Morgan fingerprint density at radius 3 is 2.29 bits per heavy atom. The minimum absolute atomic E-state index is 0.569. The Morgan fingerprint density at radius 1 is 1.10 bits per heavy atom. The Bertz CT molecular complexity index is 475. The average molecular weight is 293 g/mol. The van der Waals surface area contributed by atoms with Crippen LogP contribution in [0.2, 0.25) is 0 Å². The molecule has 5 nitrogen and oxygen atoms in total. The van der Waals surface area contributed by atoms with Gasteiger partial charge in [0, 0.05) is 31.8 Å². The Morgan fingerprint density at radius 2 is 1.71 bits per heavy atom. The van der Waals surface area contributed by atoms with Crippen molar-refractivity contribution in [2.24, 2.45) is 5.92 Å². The maximum absolute atomic E-state index is 6.24. The van der Waals surface area contributed by atoms with Gasteiger partial charge >= 0.3 is 0 Å². The summed E-state index contributed by atoms with van der Waals surface area (Å²) in [5, 5.41) is 0. The van der Waals surface area contributed by atoms with Gasteiger partial charge in [-0.3, -0.25) is 0 Å². The van der Waals surface area contributed by atoms with Crippen molar-refractivity contribution < 1.29 is 9.47 Å². The zero-order chi connectivity index (χ0) is 15.4. The van der Waals surface area contributed by atoms with E-state index in [9.17, 15) is 0 Å². The molecular formula is C16H27N3O2. The molecule has 118 valence electrons. The lowest BCUT2D eigenvalue weighted by Gasteiger charge is -2.30. The van der Waals surface area contributed by atoms with Gasteiger partial charge in [0.25, 0.3) is 0 Å². The first kappa shape index (κ1) is 15.8. The number of hydrogen-bond donors (Lipinski definition) is 1. The lowest BCUT2D eigenvalue weighted by Crippen LogP contribution is -2.35. The van der Waals surface area contributed by atoms with Crippen molar-refractivity contribution in [1.82, 2.24) is 4.90 Å². The lowest BCUT2D eigenvalue weighted by atomic mass is 10.1. The molecule has 0 saturated carbocycles. The highest BCUT2D eigenvalue weighted by Gasteiger charge is 2.18. The number of fused-ring (bicyclic) bond motifs is 1.